The Morgan fingerprint density at radius 2 is 2.00 bits per heavy atom. The maximum absolute atomic E-state index is 12.7. The molecule has 0 saturated carbocycles. The summed E-state index contributed by atoms with van der Waals surface area (Å²) in [7, 11) is -3.78. The first-order valence-corrected chi connectivity index (χ1v) is 10.5. The number of hydrazone groups is 1. The van der Waals surface area contributed by atoms with Crippen LogP contribution in [-0.4, -0.2) is 60.7 Å². The number of nitrogens with one attached hydrogen (secondary N) is 1. The zero-order chi connectivity index (χ0) is 21.0. The van der Waals surface area contributed by atoms with Crippen LogP contribution < -0.4 is 5.43 Å². The topological polar surface area (TPSA) is 121 Å². The highest BCUT2D eigenvalue weighted by molar-refractivity contribution is 7.89. The number of pyridine rings is 1. The zero-order valence-corrected chi connectivity index (χ0v) is 17.1. The number of sulfonamides is 1. The average molecular weight is 439 g/mol. The van der Waals surface area contributed by atoms with Crippen molar-refractivity contribution in [2.24, 2.45) is 5.10 Å². The van der Waals surface area contributed by atoms with Gasteiger partial charge < -0.3 is 9.84 Å². The molecule has 0 bridgehead atoms. The van der Waals surface area contributed by atoms with Crippen molar-refractivity contribution in [3.05, 3.63) is 52.8 Å². The average Bonchev–Trinajstić information content (AvgIpc) is 2.74. The van der Waals surface area contributed by atoms with Crippen LogP contribution in [0.15, 0.2) is 46.7 Å². The second-order valence-corrected chi connectivity index (χ2v) is 8.60. The number of aromatic hydroxyl groups is 1. The number of hydrogen-bond acceptors (Lipinski definition) is 7. The van der Waals surface area contributed by atoms with Gasteiger partial charge in [0, 0.05) is 36.1 Å². The number of benzene rings is 1. The van der Waals surface area contributed by atoms with Gasteiger partial charge >= 0.3 is 0 Å². The fourth-order valence-electron chi connectivity index (χ4n) is 2.68. The van der Waals surface area contributed by atoms with Gasteiger partial charge in [0.2, 0.25) is 10.0 Å². The van der Waals surface area contributed by atoms with Gasteiger partial charge in [0.15, 0.2) is 0 Å². The molecule has 1 aromatic heterocycles. The second-order valence-electron chi connectivity index (χ2n) is 6.23. The van der Waals surface area contributed by atoms with Crippen molar-refractivity contribution in [2.45, 2.75) is 11.8 Å². The molecule has 1 aromatic carbocycles. The SMILES string of the molecule is C/C(=N\NC(=O)c1cncc(S(=O)(=O)N2CCOCC2)c1)c1cc(Cl)ccc1O. The van der Waals surface area contributed by atoms with Crippen LogP contribution in [0.4, 0.5) is 0 Å². The molecule has 1 amide bonds. The summed E-state index contributed by atoms with van der Waals surface area (Å²) < 4.78 is 31.9. The molecule has 0 atom stereocenters. The molecule has 154 valence electrons. The molecule has 2 aromatic rings. The Kier molecular flexibility index (Phi) is 6.48. The summed E-state index contributed by atoms with van der Waals surface area (Å²) in [6.45, 7) is 2.70. The van der Waals surface area contributed by atoms with E-state index in [2.05, 4.69) is 15.5 Å². The van der Waals surface area contributed by atoms with Crippen LogP contribution in [0.3, 0.4) is 0 Å². The van der Waals surface area contributed by atoms with Crippen molar-refractivity contribution >= 4 is 33.2 Å². The summed E-state index contributed by atoms with van der Waals surface area (Å²) in [6, 6.07) is 5.70. The fourth-order valence-corrected chi connectivity index (χ4v) is 4.25. The van der Waals surface area contributed by atoms with E-state index in [0.29, 0.717) is 29.5 Å². The number of nitrogens with zero attached hydrogens (tertiary/aromatic N) is 3. The lowest BCUT2D eigenvalue weighted by molar-refractivity contribution is 0.0730. The smallest absolute Gasteiger partial charge is 0.272 e. The standard InChI is InChI=1S/C18H19ClN4O5S/c1-12(16-9-14(19)2-3-17(16)24)21-22-18(25)13-8-15(11-20-10-13)29(26,27)23-4-6-28-7-5-23/h2-3,8-11,24H,4-7H2,1H3,(H,22,25)/b21-12+. The van der Waals surface area contributed by atoms with Gasteiger partial charge in [-0.2, -0.15) is 9.41 Å². The number of rotatable bonds is 5. The molecule has 2 N–H and O–H groups in total. The molecule has 29 heavy (non-hydrogen) atoms. The molecule has 0 spiro atoms. The zero-order valence-electron chi connectivity index (χ0n) is 15.5. The molecule has 1 saturated heterocycles. The van der Waals surface area contributed by atoms with Gasteiger partial charge in [-0.15, -0.1) is 0 Å². The van der Waals surface area contributed by atoms with E-state index in [1.165, 1.54) is 41.0 Å². The molecule has 0 aliphatic carbocycles. The highest BCUT2D eigenvalue weighted by Crippen LogP contribution is 2.22. The second kappa shape index (κ2) is 8.87. The number of amides is 1. The summed E-state index contributed by atoms with van der Waals surface area (Å²) >= 11 is 5.91. The van der Waals surface area contributed by atoms with Crippen LogP contribution >= 0.6 is 11.6 Å². The lowest BCUT2D eigenvalue weighted by atomic mass is 10.1. The molecular formula is C18H19ClN4O5S. The Morgan fingerprint density at radius 3 is 2.72 bits per heavy atom. The van der Waals surface area contributed by atoms with E-state index in [1.807, 2.05) is 0 Å². The molecule has 0 radical (unpaired) electrons. The van der Waals surface area contributed by atoms with Gasteiger partial charge in [0.05, 0.1) is 24.5 Å². The maximum Gasteiger partial charge on any atom is 0.272 e. The third-order valence-electron chi connectivity index (χ3n) is 4.26. The van der Waals surface area contributed by atoms with Gasteiger partial charge in [0.25, 0.3) is 5.91 Å². The Bertz CT molecular complexity index is 1050. The number of hydrogen-bond donors (Lipinski definition) is 2. The number of phenolic OH excluding ortho intramolecular Hbond substituents is 1. The molecule has 9 nitrogen and oxygen atoms in total. The highest BCUT2D eigenvalue weighted by atomic mass is 35.5. The van der Waals surface area contributed by atoms with Crippen LogP contribution in [0.2, 0.25) is 5.02 Å². The number of ether oxygens (including phenoxy) is 1. The van der Waals surface area contributed by atoms with Gasteiger partial charge in [-0.1, -0.05) is 11.6 Å². The highest BCUT2D eigenvalue weighted by Gasteiger charge is 2.27. The number of morpholine rings is 1. The van der Waals surface area contributed by atoms with Crippen LogP contribution in [0, 0.1) is 0 Å². The molecule has 1 aliphatic heterocycles. The van der Waals surface area contributed by atoms with E-state index in [-0.39, 0.29) is 29.3 Å². The van der Waals surface area contributed by atoms with Gasteiger partial charge in [-0.05, 0) is 31.2 Å². The predicted molar refractivity (Wildman–Crippen MR) is 107 cm³/mol. The normalized spacial score (nSPS) is 15.9. The summed E-state index contributed by atoms with van der Waals surface area (Å²) in [5, 5.41) is 14.3. The Labute approximate surface area is 173 Å². The van der Waals surface area contributed by atoms with Crippen molar-refractivity contribution in [1.29, 1.82) is 0 Å². The maximum atomic E-state index is 12.7. The van der Waals surface area contributed by atoms with E-state index in [9.17, 15) is 18.3 Å². The Balaban J connectivity index is 1.78. The summed E-state index contributed by atoms with van der Waals surface area (Å²) in [4.78, 5) is 16.2. The van der Waals surface area contributed by atoms with E-state index in [1.54, 1.807) is 6.92 Å². The lowest BCUT2D eigenvalue weighted by Gasteiger charge is -2.25. The van der Waals surface area contributed by atoms with Crippen molar-refractivity contribution < 1.29 is 23.1 Å². The Hall–Kier alpha value is -2.53. The monoisotopic (exact) mass is 438 g/mol. The number of aromatic nitrogens is 1. The van der Waals surface area contributed by atoms with Crippen LogP contribution in [0.1, 0.15) is 22.8 Å². The van der Waals surface area contributed by atoms with Crippen molar-refractivity contribution in [3.63, 3.8) is 0 Å². The summed E-state index contributed by atoms with van der Waals surface area (Å²) in [6.07, 6.45) is 2.44. The molecule has 2 heterocycles. The van der Waals surface area contributed by atoms with Gasteiger partial charge in [0.1, 0.15) is 10.6 Å². The minimum Gasteiger partial charge on any atom is -0.507 e. The molecule has 0 unspecified atom stereocenters. The first kappa shape index (κ1) is 21.2. The van der Waals surface area contributed by atoms with Crippen LogP contribution in [-0.2, 0) is 14.8 Å². The van der Waals surface area contributed by atoms with Crippen LogP contribution in [0.25, 0.3) is 0 Å². The number of carbonyl (C=O) groups is 1. The van der Waals surface area contributed by atoms with Crippen molar-refractivity contribution in [3.8, 4) is 5.75 Å². The summed E-state index contributed by atoms with van der Waals surface area (Å²) in [5.41, 5.74) is 3.05. The number of halogens is 1. The quantitative estimate of drug-likeness (QED) is 0.540. The fraction of sp³-hybridized carbons (Fsp3) is 0.278. The van der Waals surface area contributed by atoms with Gasteiger partial charge in [-0.25, -0.2) is 13.8 Å². The van der Waals surface area contributed by atoms with E-state index >= 15 is 0 Å². The number of carbonyl (C=O) groups excluding carboxylic acids is 1. The van der Waals surface area contributed by atoms with Gasteiger partial charge in [-0.3, -0.25) is 9.78 Å². The van der Waals surface area contributed by atoms with E-state index in [0.717, 1.165) is 0 Å². The first-order valence-electron chi connectivity index (χ1n) is 8.65. The summed E-state index contributed by atoms with van der Waals surface area (Å²) in [5.74, 6) is -0.678. The number of phenols is 1. The lowest BCUT2D eigenvalue weighted by Crippen LogP contribution is -2.40. The largest absolute Gasteiger partial charge is 0.507 e. The molecule has 11 heteroatoms. The van der Waals surface area contributed by atoms with E-state index < -0.39 is 15.9 Å². The van der Waals surface area contributed by atoms with Crippen molar-refractivity contribution in [1.82, 2.24) is 14.7 Å². The van der Waals surface area contributed by atoms with Crippen LogP contribution in [0.5, 0.6) is 5.75 Å². The molecule has 3 rings (SSSR count). The third kappa shape index (κ3) is 4.91. The Morgan fingerprint density at radius 1 is 1.28 bits per heavy atom. The molecule has 1 aliphatic rings. The minimum atomic E-state index is -3.78. The predicted octanol–water partition coefficient (Wildman–Crippen LogP) is 1.62. The first-order chi connectivity index (χ1) is 13.8. The van der Waals surface area contributed by atoms with E-state index in [4.69, 9.17) is 16.3 Å². The molecule has 1 fully saturated rings. The third-order valence-corrected chi connectivity index (χ3v) is 6.36. The minimum absolute atomic E-state index is 0.0335. The molecular weight excluding hydrogens is 420 g/mol. The van der Waals surface area contributed by atoms with Crippen molar-refractivity contribution in [2.75, 3.05) is 26.3 Å².